The first-order valence-electron chi connectivity index (χ1n) is 5.27. The Morgan fingerprint density at radius 2 is 2.06 bits per heavy atom. The van der Waals surface area contributed by atoms with E-state index in [9.17, 15) is 4.79 Å². The lowest BCUT2D eigenvalue weighted by molar-refractivity contribution is 0.102. The molecule has 0 saturated carbocycles. The van der Waals surface area contributed by atoms with Crippen molar-refractivity contribution < 1.29 is 4.79 Å². The molecule has 0 spiro atoms. The van der Waals surface area contributed by atoms with Crippen LogP contribution in [0.5, 0.6) is 0 Å². The molecular weight excluding hydrogens is 273 g/mol. The topological polar surface area (TPSA) is 57.8 Å². The molecule has 4 nitrogen and oxygen atoms in total. The maximum absolute atomic E-state index is 12.1. The van der Waals surface area contributed by atoms with E-state index in [0.717, 1.165) is 11.4 Å². The van der Waals surface area contributed by atoms with Gasteiger partial charge in [0, 0.05) is 5.02 Å². The minimum atomic E-state index is -0.288. The first-order chi connectivity index (χ1) is 8.49. The maximum atomic E-state index is 12.1. The number of H-pyrrole nitrogens is 1. The third kappa shape index (κ3) is 2.49. The summed E-state index contributed by atoms with van der Waals surface area (Å²) in [7, 11) is 0. The molecule has 2 N–H and O–H groups in total. The molecule has 2 aromatic rings. The van der Waals surface area contributed by atoms with Crippen molar-refractivity contribution in [3.63, 3.8) is 0 Å². The van der Waals surface area contributed by atoms with Crippen molar-refractivity contribution in [2.24, 2.45) is 0 Å². The molecule has 0 atom stereocenters. The molecule has 6 heteroatoms. The molecule has 0 aliphatic rings. The van der Waals surface area contributed by atoms with Gasteiger partial charge in [-0.15, -0.1) is 0 Å². The third-order valence-electron chi connectivity index (χ3n) is 2.54. The quantitative estimate of drug-likeness (QED) is 0.885. The van der Waals surface area contributed by atoms with E-state index in [1.54, 1.807) is 12.1 Å². The van der Waals surface area contributed by atoms with E-state index in [1.807, 2.05) is 13.8 Å². The van der Waals surface area contributed by atoms with Gasteiger partial charge in [-0.2, -0.15) is 5.10 Å². The van der Waals surface area contributed by atoms with Crippen LogP contribution in [0.3, 0.4) is 0 Å². The Labute approximate surface area is 114 Å². The van der Waals surface area contributed by atoms with Gasteiger partial charge in [-0.05, 0) is 32.0 Å². The Morgan fingerprint density at radius 3 is 2.61 bits per heavy atom. The number of aryl methyl sites for hydroxylation is 2. The number of nitrogens with zero attached hydrogens (tertiary/aromatic N) is 1. The molecule has 1 amide bonds. The van der Waals surface area contributed by atoms with Crippen LogP contribution in [-0.4, -0.2) is 16.1 Å². The molecular formula is C12H11Cl2N3O. The largest absolute Gasteiger partial charge is 0.319 e. The highest BCUT2D eigenvalue weighted by Crippen LogP contribution is 2.23. The normalized spacial score (nSPS) is 10.4. The molecule has 94 valence electrons. The third-order valence-corrected chi connectivity index (χ3v) is 3.09. The van der Waals surface area contributed by atoms with Crippen molar-refractivity contribution in [2.45, 2.75) is 13.8 Å². The molecule has 0 fully saturated rings. The van der Waals surface area contributed by atoms with Crippen LogP contribution in [0.1, 0.15) is 21.7 Å². The van der Waals surface area contributed by atoms with Gasteiger partial charge in [-0.3, -0.25) is 9.89 Å². The predicted molar refractivity (Wildman–Crippen MR) is 72.5 cm³/mol. The number of nitrogens with one attached hydrogen (secondary N) is 2. The summed E-state index contributed by atoms with van der Waals surface area (Å²) in [4.78, 5) is 12.1. The number of hydrogen-bond acceptors (Lipinski definition) is 2. The van der Waals surface area contributed by atoms with Crippen LogP contribution in [0.2, 0.25) is 10.0 Å². The van der Waals surface area contributed by atoms with Gasteiger partial charge in [0.25, 0.3) is 5.91 Å². The van der Waals surface area contributed by atoms with Crippen LogP contribution in [0.25, 0.3) is 0 Å². The van der Waals surface area contributed by atoms with Crippen LogP contribution in [0.4, 0.5) is 5.69 Å². The van der Waals surface area contributed by atoms with Gasteiger partial charge >= 0.3 is 0 Å². The average Bonchev–Trinajstić information content (AvgIpc) is 2.60. The van der Waals surface area contributed by atoms with Crippen LogP contribution in [0.15, 0.2) is 18.2 Å². The van der Waals surface area contributed by atoms with Crippen LogP contribution < -0.4 is 5.32 Å². The zero-order chi connectivity index (χ0) is 13.3. The lowest BCUT2D eigenvalue weighted by atomic mass is 10.2. The van der Waals surface area contributed by atoms with Gasteiger partial charge < -0.3 is 5.32 Å². The first-order valence-corrected chi connectivity index (χ1v) is 6.02. The highest BCUT2D eigenvalue weighted by Gasteiger charge is 2.14. The van der Waals surface area contributed by atoms with E-state index in [2.05, 4.69) is 15.5 Å². The fourth-order valence-corrected chi connectivity index (χ4v) is 2.08. The molecule has 0 saturated heterocycles. The summed E-state index contributed by atoms with van der Waals surface area (Å²) < 4.78 is 0. The van der Waals surface area contributed by atoms with E-state index in [4.69, 9.17) is 23.2 Å². The number of anilines is 1. The molecule has 0 bridgehead atoms. The smallest absolute Gasteiger partial charge is 0.257 e. The molecule has 0 radical (unpaired) electrons. The van der Waals surface area contributed by atoms with Crippen molar-refractivity contribution in [2.75, 3.05) is 5.32 Å². The monoisotopic (exact) mass is 283 g/mol. The van der Waals surface area contributed by atoms with Crippen molar-refractivity contribution >= 4 is 34.8 Å². The lowest BCUT2D eigenvalue weighted by Crippen LogP contribution is -2.13. The standard InChI is InChI=1S/C12H11Cl2N3O/c1-6-11(7(2)17-16-6)15-12(18)9-4-3-8(13)5-10(9)14/h3-5H,1-2H3,(H,15,18)(H,16,17). The molecule has 0 unspecified atom stereocenters. The van der Waals surface area contributed by atoms with Crippen LogP contribution in [-0.2, 0) is 0 Å². The van der Waals surface area contributed by atoms with Crippen molar-refractivity contribution in [3.8, 4) is 0 Å². The Bertz CT molecular complexity index is 588. The van der Waals surface area contributed by atoms with Gasteiger partial charge in [-0.1, -0.05) is 23.2 Å². The van der Waals surface area contributed by atoms with Crippen molar-refractivity contribution in [3.05, 3.63) is 45.2 Å². The molecule has 18 heavy (non-hydrogen) atoms. The predicted octanol–water partition coefficient (Wildman–Crippen LogP) is 3.59. The second-order valence-corrected chi connectivity index (χ2v) is 4.73. The number of amides is 1. The number of benzene rings is 1. The van der Waals surface area contributed by atoms with E-state index < -0.39 is 0 Å². The summed E-state index contributed by atoms with van der Waals surface area (Å²) in [6.07, 6.45) is 0. The summed E-state index contributed by atoms with van der Waals surface area (Å²) in [6, 6.07) is 4.75. The Morgan fingerprint density at radius 1 is 1.33 bits per heavy atom. The number of halogens is 2. The summed E-state index contributed by atoms with van der Waals surface area (Å²) >= 11 is 11.8. The van der Waals surface area contributed by atoms with E-state index in [-0.39, 0.29) is 5.91 Å². The van der Waals surface area contributed by atoms with Gasteiger partial charge in [0.15, 0.2) is 0 Å². The van der Waals surface area contributed by atoms with E-state index in [0.29, 0.717) is 21.3 Å². The fourth-order valence-electron chi connectivity index (χ4n) is 1.59. The maximum Gasteiger partial charge on any atom is 0.257 e. The second kappa shape index (κ2) is 5.00. The second-order valence-electron chi connectivity index (χ2n) is 3.89. The molecule has 1 aromatic carbocycles. The number of carbonyl (C=O) groups excluding carboxylic acids is 1. The number of rotatable bonds is 2. The fraction of sp³-hybridized carbons (Fsp3) is 0.167. The number of hydrogen-bond donors (Lipinski definition) is 2. The van der Waals surface area contributed by atoms with Gasteiger partial charge in [0.2, 0.25) is 0 Å². The Kier molecular flexibility index (Phi) is 3.59. The number of aromatic amines is 1. The first kappa shape index (κ1) is 12.9. The van der Waals surface area contributed by atoms with Crippen molar-refractivity contribution in [1.82, 2.24) is 10.2 Å². The van der Waals surface area contributed by atoms with Crippen LogP contribution >= 0.6 is 23.2 Å². The van der Waals surface area contributed by atoms with Gasteiger partial charge in [-0.25, -0.2) is 0 Å². The number of carbonyl (C=O) groups is 1. The SMILES string of the molecule is Cc1n[nH]c(C)c1NC(=O)c1ccc(Cl)cc1Cl. The Balaban J connectivity index is 2.28. The summed E-state index contributed by atoms with van der Waals surface area (Å²) in [5, 5.41) is 10.4. The summed E-state index contributed by atoms with van der Waals surface area (Å²) in [5.74, 6) is -0.288. The minimum absolute atomic E-state index is 0.288. The van der Waals surface area contributed by atoms with Gasteiger partial charge in [0.05, 0.1) is 27.7 Å². The van der Waals surface area contributed by atoms with Gasteiger partial charge in [0.1, 0.15) is 0 Å². The molecule has 2 rings (SSSR count). The zero-order valence-corrected chi connectivity index (χ0v) is 11.4. The summed E-state index contributed by atoms with van der Waals surface area (Å²) in [5.41, 5.74) is 2.57. The molecule has 1 heterocycles. The van der Waals surface area contributed by atoms with Crippen LogP contribution in [0, 0.1) is 13.8 Å². The van der Waals surface area contributed by atoms with Crippen molar-refractivity contribution in [1.29, 1.82) is 0 Å². The lowest BCUT2D eigenvalue weighted by Gasteiger charge is -2.07. The highest BCUT2D eigenvalue weighted by atomic mass is 35.5. The van der Waals surface area contributed by atoms with E-state index in [1.165, 1.54) is 6.07 Å². The Hall–Kier alpha value is -1.52. The number of aromatic nitrogens is 2. The summed E-state index contributed by atoms with van der Waals surface area (Å²) in [6.45, 7) is 3.64. The minimum Gasteiger partial charge on any atom is -0.319 e. The highest BCUT2D eigenvalue weighted by molar-refractivity contribution is 6.37. The molecule has 0 aliphatic heterocycles. The van der Waals surface area contributed by atoms with E-state index >= 15 is 0 Å². The molecule has 1 aromatic heterocycles. The average molecular weight is 284 g/mol. The molecule has 0 aliphatic carbocycles. The zero-order valence-electron chi connectivity index (χ0n) is 9.84.